The maximum absolute atomic E-state index is 12.6. The number of hydrogen-bond donors (Lipinski definition) is 1. The van der Waals surface area contributed by atoms with Gasteiger partial charge in [-0.1, -0.05) is 44.0 Å². The van der Waals surface area contributed by atoms with Crippen LogP contribution in [0.1, 0.15) is 18.1 Å². The maximum Gasteiger partial charge on any atom is 0.123 e. The molecule has 0 amide bonds. The fourth-order valence-corrected chi connectivity index (χ4v) is 1.74. The van der Waals surface area contributed by atoms with E-state index in [2.05, 4.69) is 31.9 Å². The topological polar surface area (TPSA) is 20.2 Å². The van der Waals surface area contributed by atoms with E-state index < -0.39 is 6.10 Å². The van der Waals surface area contributed by atoms with Crippen LogP contribution in [0.2, 0.25) is 0 Å². The summed E-state index contributed by atoms with van der Waals surface area (Å²) in [7, 11) is 0. The second-order valence-electron chi connectivity index (χ2n) is 3.05. The van der Waals surface area contributed by atoms with Gasteiger partial charge in [-0.15, -0.1) is 0 Å². The largest absolute Gasteiger partial charge is 0.388 e. The Kier molecular flexibility index (Phi) is 5.06. The van der Waals surface area contributed by atoms with Gasteiger partial charge in [0.25, 0.3) is 0 Å². The summed E-state index contributed by atoms with van der Waals surface area (Å²) < 4.78 is 12.6. The molecule has 0 saturated heterocycles. The van der Waals surface area contributed by atoms with E-state index in [0.29, 0.717) is 6.42 Å². The summed E-state index contributed by atoms with van der Waals surface area (Å²) in [5.41, 5.74) is 0.747. The summed E-state index contributed by atoms with van der Waals surface area (Å²) in [5.74, 6) is -0.281. The minimum absolute atomic E-state index is 0.225. The first-order chi connectivity index (χ1) is 6.63. The zero-order valence-corrected chi connectivity index (χ0v) is 10.6. The van der Waals surface area contributed by atoms with Gasteiger partial charge in [0, 0.05) is 10.2 Å². The van der Waals surface area contributed by atoms with Crippen molar-refractivity contribution < 1.29 is 9.50 Å². The molecule has 0 saturated carbocycles. The monoisotopic (exact) mass is 324 g/mol. The zero-order chi connectivity index (χ0) is 10.6. The van der Waals surface area contributed by atoms with E-state index in [9.17, 15) is 9.50 Å². The number of alkyl halides is 2. The maximum atomic E-state index is 12.6. The molecule has 0 aromatic heterocycles. The third-order valence-electron chi connectivity index (χ3n) is 1.90. The van der Waals surface area contributed by atoms with Crippen LogP contribution in [0.4, 0.5) is 4.39 Å². The van der Waals surface area contributed by atoms with Crippen LogP contribution in [0.3, 0.4) is 0 Å². The summed E-state index contributed by atoms with van der Waals surface area (Å²) in [6.07, 6.45) is 0.0641. The van der Waals surface area contributed by atoms with Crippen LogP contribution in [-0.4, -0.2) is 15.3 Å². The first-order valence-corrected chi connectivity index (χ1v) is 6.30. The van der Waals surface area contributed by atoms with Crippen molar-refractivity contribution in [3.63, 3.8) is 0 Å². The second-order valence-corrected chi connectivity index (χ2v) is 5.00. The molecular formula is C10H11Br2FO. The van der Waals surface area contributed by atoms with Gasteiger partial charge in [0.15, 0.2) is 0 Å². The quantitative estimate of drug-likeness (QED) is 0.841. The van der Waals surface area contributed by atoms with Crippen LogP contribution < -0.4 is 0 Å². The minimum atomic E-state index is -0.544. The summed E-state index contributed by atoms with van der Waals surface area (Å²) in [5, 5.41) is 10.5. The minimum Gasteiger partial charge on any atom is -0.388 e. The highest BCUT2D eigenvalue weighted by Gasteiger charge is 2.12. The first-order valence-electron chi connectivity index (χ1n) is 4.27. The van der Waals surface area contributed by atoms with E-state index in [4.69, 9.17) is 0 Å². The van der Waals surface area contributed by atoms with Crippen molar-refractivity contribution in [1.29, 1.82) is 0 Å². The number of aliphatic hydroxyl groups is 1. The zero-order valence-electron chi connectivity index (χ0n) is 7.46. The van der Waals surface area contributed by atoms with E-state index >= 15 is 0 Å². The lowest BCUT2D eigenvalue weighted by molar-refractivity contribution is 0.169. The van der Waals surface area contributed by atoms with Crippen LogP contribution in [-0.2, 0) is 0 Å². The van der Waals surface area contributed by atoms with Crippen molar-refractivity contribution in [1.82, 2.24) is 0 Å². The number of benzene rings is 1. The Hall–Kier alpha value is 0.0700. The first kappa shape index (κ1) is 12.1. The summed E-state index contributed by atoms with van der Waals surface area (Å²) >= 11 is 6.72. The van der Waals surface area contributed by atoms with Crippen LogP contribution in [0, 0.1) is 5.82 Å². The molecule has 78 valence electrons. The van der Waals surface area contributed by atoms with E-state index in [0.717, 1.165) is 10.9 Å². The van der Waals surface area contributed by atoms with E-state index in [1.54, 1.807) is 12.1 Å². The lowest BCUT2D eigenvalue weighted by Gasteiger charge is -2.13. The molecule has 0 fully saturated rings. The molecule has 1 rings (SSSR count). The fourth-order valence-electron chi connectivity index (χ4n) is 1.13. The highest BCUT2D eigenvalue weighted by atomic mass is 79.9. The number of hydrogen-bond acceptors (Lipinski definition) is 1. The molecule has 0 heterocycles. The molecule has 0 bridgehead atoms. The third-order valence-corrected chi connectivity index (χ3v) is 4.25. The molecule has 0 radical (unpaired) electrons. The van der Waals surface area contributed by atoms with E-state index in [-0.39, 0.29) is 10.6 Å². The average molecular weight is 326 g/mol. The molecule has 4 heteroatoms. The van der Waals surface area contributed by atoms with E-state index in [1.807, 2.05) is 0 Å². The van der Waals surface area contributed by atoms with Crippen molar-refractivity contribution >= 4 is 31.9 Å². The Labute approximate surface area is 99.6 Å². The Bertz CT molecular complexity index is 276. The molecule has 1 aromatic rings. The molecular weight excluding hydrogens is 315 g/mol. The molecule has 1 nitrogen and oxygen atoms in total. The van der Waals surface area contributed by atoms with Gasteiger partial charge in [-0.2, -0.15) is 0 Å². The predicted octanol–water partition coefficient (Wildman–Crippen LogP) is 3.41. The van der Waals surface area contributed by atoms with Crippen molar-refractivity contribution in [2.24, 2.45) is 0 Å². The molecule has 1 unspecified atom stereocenters. The number of rotatable bonds is 4. The van der Waals surface area contributed by atoms with Crippen molar-refractivity contribution in [2.45, 2.75) is 17.4 Å². The van der Waals surface area contributed by atoms with Gasteiger partial charge in [0.05, 0.1) is 6.10 Å². The predicted molar refractivity (Wildman–Crippen MR) is 62.5 cm³/mol. The molecule has 0 aliphatic rings. The lowest BCUT2D eigenvalue weighted by atomic mass is 10.1. The smallest absolute Gasteiger partial charge is 0.123 e. The molecule has 1 N–H and O–H groups in total. The molecule has 1 aromatic carbocycles. The fraction of sp³-hybridized carbons (Fsp3) is 0.400. The van der Waals surface area contributed by atoms with Crippen LogP contribution in [0.5, 0.6) is 0 Å². The van der Waals surface area contributed by atoms with Crippen LogP contribution in [0.25, 0.3) is 0 Å². The Balaban J connectivity index is 2.60. The third kappa shape index (κ3) is 3.67. The van der Waals surface area contributed by atoms with E-state index in [1.165, 1.54) is 12.1 Å². The van der Waals surface area contributed by atoms with Gasteiger partial charge in [-0.25, -0.2) is 4.39 Å². The van der Waals surface area contributed by atoms with Gasteiger partial charge in [0.1, 0.15) is 5.82 Å². The highest BCUT2D eigenvalue weighted by molar-refractivity contribution is 9.12. The Morgan fingerprint density at radius 1 is 1.29 bits per heavy atom. The average Bonchev–Trinajstić information content (AvgIpc) is 2.18. The normalized spacial score (nSPS) is 15.1. The van der Waals surface area contributed by atoms with Crippen molar-refractivity contribution in [2.75, 3.05) is 5.33 Å². The molecule has 14 heavy (non-hydrogen) atoms. The summed E-state index contributed by atoms with van der Waals surface area (Å²) in [6, 6.07) is 5.92. The van der Waals surface area contributed by atoms with Gasteiger partial charge in [-0.05, 0) is 24.1 Å². The molecule has 0 aliphatic heterocycles. The van der Waals surface area contributed by atoms with Gasteiger partial charge >= 0.3 is 0 Å². The molecule has 0 aliphatic carbocycles. The summed E-state index contributed by atoms with van der Waals surface area (Å²) in [6.45, 7) is 0. The Morgan fingerprint density at radius 3 is 2.36 bits per heavy atom. The van der Waals surface area contributed by atoms with Crippen LogP contribution in [0.15, 0.2) is 24.3 Å². The lowest BCUT2D eigenvalue weighted by Crippen LogP contribution is -2.07. The van der Waals surface area contributed by atoms with Gasteiger partial charge < -0.3 is 5.11 Å². The van der Waals surface area contributed by atoms with Crippen LogP contribution >= 0.6 is 31.9 Å². The highest BCUT2D eigenvalue weighted by Crippen LogP contribution is 2.22. The number of halogens is 3. The van der Waals surface area contributed by atoms with Gasteiger partial charge in [0.2, 0.25) is 0 Å². The van der Waals surface area contributed by atoms with Gasteiger partial charge in [-0.3, -0.25) is 0 Å². The molecule has 0 spiro atoms. The number of aliphatic hydroxyl groups excluding tert-OH is 1. The van der Waals surface area contributed by atoms with Crippen molar-refractivity contribution in [3.05, 3.63) is 35.6 Å². The standard InChI is InChI=1S/C10H11Br2FO/c11-6-8(12)5-10(14)7-1-3-9(13)4-2-7/h1-4,8,10,14H,5-6H2/t8?,10-/m1/s1. The summed E-state index contributed by atoms with van der Waals surface area (Å²) in [4.78, 5) is 0.225. The molecule has 2 atom stereocenters. The van der Waals surface area contributed by atoms with Crippen molar-refractivity contribution in [3.8, 4) is 0 Å². The second kappa shape index (κ2) is 5.83. The SMILES string of the molecule is O[C@H](CC(Br)CBr)c1ccc(F)cc1. The Morgan fingerprint density at radius 2 is 1.86 bits per heavy atom.